The van der Waals surface area contributed by atoms with E-state index in [1.165, 1.54) is 12.1 Å². The molecular formula is C13H10BF3O. The number of alkyl halides is 3. The van der Waals surface area contributed by atoms with Crippen LogP contribution in [0, 0.1) is 0 Å². The van der Waals surface area contributed by atoms with Crippen molar-refractivity contribution in [1.82, 2.24) is 0 Å². The Bertz CT molecular complexity index is 525. The molecule has 1 nitrogen and oxygen atoms in total. The zero-order valence-electron chi connectivity index (χ0n) is 9.35. The van der Waals surface area contributed by atoms with Gasteiger partial charge in [-0.2, -0.15) is 13.2 Å². The van der Waals surface area contributed by atoms with Crippen molar-refractivity contribution in [3.63, 3.8) is 0 Å². The van der Waals surface area contributed by atoms with Crippen LogP contribution in [-0.2, 0) is 6.18 Å². The minimum atomic E-state index is -4.40. The van der Waals surface area contributed by atoms with Crippen molar-refractivity contribution in [3.05, 3.63) is 60.2 Å². The topological polar surface area (TPSA) is 20.2 Å². The van der Waals surface area contributed by atoms with E-state index >= 15 is 0 Å². The minimum absolute atomic E-state index is 0.232. The molecule has 92 valence electrons. The molecule has 0 radical (unpaired) electrons. The first-order chi connectivity index (χ1) is 8.48. The van der Waals surface area contributed by atoms with Crippen LogP contribution in [0.4, 0.5) is 13.2 Å². The molecule has 0 heterocycles. The average Bonchev–Trinajstić information content (AvgIpc) is 2.38. The Morgan fingerprint density at radius 3 is 2.06 bits per heavy atom. The normalized spacial score (nSPS) is 11.3. The summed E-state index contributed by atoms with van der Waals surface area (Å²) in [6.07, 6.45) is -4.40. The van der Waals surface area contributed by atoms with Crippen molar-refractivity contribution in [3.8, 4) is 0 Å². The summed E-state index contributed by atoms with van der Waals surface area (Å²) in [5.41, 5.74) is 0.0443. The third-order valence-electron chi connectivity index (χ3n) is 2.65. The van der Waals surface area contributed by atoms with Crippen molar-refractivity contribution >= 4 is 17.8 Å². The zero-order chi connectivity index (χ0) is 13.2. The van der Waals surface area contributed by atoms with Gasteiger partial charge in [-0.15, -0.1) is 0 Å². The molecule has 0 aliphatic carbocycles. The molecule has 0 fully saturated rings. The van der Waals surface area contributed by atoms with Gasteiger partial charge in [0.25, 0.3) is 0 Å². The van der Waals surface area contributed by atoms with Gasteiger partial charge in [-0.1, -0.05) is 54.6 Å². The molecule has 0 aliphatic heterocycles. The van der Waals surface area contributed by atoms with Gasteiger partial charge in [-0.25, -0.2) is 0 Å². The van der Waals surface area contributed by atoms with E-state index in [1.807, 2.05) is 0 Å². The monoisotopic (exact) mass is 250 g/mol. The van der Waals surface area contributed by atoms with E-state index in [9.17, 15) is 18.2 Å². The maximum atomic E-state index is 12.6. The number of hydrogen-bond acceptors (Lipinski definition) is 1. The molecule has 0 atom stereocenters. The van der Waals surface area contributed by atoms with Crippen LogP contribution < -0.4 is 10.9 Å². The first kappa shape index (κ1) is 12.7. The molecule has 0 spiro atoms. The first-order valence-corrected chi connectivity index (χ1v) is 5.38. The van der Waals surface area contributed by atoms with Crippen molar-refractivity contribution in [2.45, 2.75) is 6.18 Å². The Balaban J connectivity index is 2.35. The molecule has 2 rings (SSSR count). The standard InChI is InChI=1S/C13H10BF3O/c15-13(16,17)10-5-4-8-12(9-10)14(18)11-6-2-1-3-7-11/h1-9,18H. The van der Waals surface area contributed by atoms with E-state index < -0.39 is 18.7 Å². The lowest BCUT2D eigenvalue weighted by Crippen LogP contribution is -2.42. The van der Waals surface area contributed by atoms with E-state index in [0.717, 1.165) is 12.1 Å². The molecule has 0 aromatic heterocycles. The Morgan fingerprint density at radius 1 is 0.833 bits per heavy atom. The second-order valence-electron chi connectivity index (χ2n) is 3.94. The molecule has 0 bridgehead atoms. The van der Waals surface area contributed by atoms with Gasteiger partial charge in [-0.3, -0.25) is 0 Å². The second-order valence-corrected chi connectivity index (χ2v) is 3.94. The lowest BCUT2D eigenvalue weighted by Gasteiger charge is -2.11. The largest absolute Gasteiger partial charge is 0.443 e. The third-order valence-corrected chi connectivity index (χ3v) is 2.65. The lowest BCUT2D eigenvalue weighted by atomic mass is 9.56. The smallest absolute Gasteiger partial charge is 0.416 e. The lowest BCUT2D eigenvalue weighted by molar-refractivity contribution is -0.137. The average molecular weight is 250 g/mol. The van der Waals surface area contributed by atoms with Crippen LogP contribution in [0.3, 0.4) is 0 Å². The molecule has 2 aromatic rings. The fourth-order valence-corrected chi connectivity index (χ4v) is 1.71. The van der Waals surface area contributed by atoms with Gasteiger partial charge in [0.15, 0.2) is 0 Å². The summed E-state index contributed by atoms with van der Waals surface area (Å²) < 4.78 is 37.7. The highest BCUT2D eigenvalue weighted by Gasteiger charge is 2.31. The van der Waals surface area contributed by atoms with E-state index in [0.29, 0.717) is 5.46 Å². The summed E-state index contributed by atoms with van der Waals surface area (Å²) in [5, 5.41) is 10.0. The van der Waals surface area contributed by atoms with Crippen LogP contribution in [0.1, 0.15) is 5.56 Å². The van der Waals surface area contributed by atoms with E-state index in [-0.39, 0.29) is 5.46 Å². The van der Waals surface area contributed by atoms with Gasteiger partial charge in [0.1, 0.15) is 0 Å². The summed E-state index contributed by atoms with van der Waals surface area (Å²) in [6.45, 7) is -1.05. The molecule has 1 N–H and O–H groups in total. The number of halogens is 3. The van der Waals surface area contributed by atoms with Crippen LogP contribution in [0.2, 0.25) is 0 Å². The molecule has 0 aliphatic rings. The molecule has 2 aromatic carbocycles. The Labute approximate surface area is 103 Å². The van der Waals surface area contributed by atoms with Crippen molar-refractivity contribution in [2.24, 2.45) is 0 Å². The van der Waals surface area contributed by atoms with E-state index in [2.05, 4.69) is 0 Å². The maximum Gasteiger partial charge on any atom is 0.416 e. The van der Waals surface area contributed by atoms with Crippen LogP contribution in [0.25, 0.3) is 0 Å². The minimum Gasteiger partial charge on any atom is -0.443 e. The molecule has 0 unspecified atom stereocenters. The number of rotatable bonds is 2. The molecule has 5 heteroatoms. The van der Waals surface area contributed by atoms with Gasteiger partial charge >= 0.3 is 13.1 Å². The van der Waals surface area contributed by atoms with Crippen LogP contribution in [-0.4, -0.2) is 11.9 Å². The predicted molar refractivity (Wildman–Crippen MR) is 65.1 cm³/mol. The van der Waals surface area contributed by atoms with Crippen LogP contribution in [0.5, 0.6) is 0 Å². The number of benzene rings is 2. The Morgan fingerprint density at radius 2 is 1.44 bits per heavy atom. The quantitative estimate of drug-likeness (QED) is 0.806. The molecule has 18 heavy (non-hydrogen) atoms. The zero-order valence-corrected chi connectivity index (χ0v) is 9.35. The van der Waals surface area contributed by atoms with Crippen LogP contribution in [0.15, 0.2) is 54.6 Å². The highest BCUT2D eigenvalue weighted by atomic mass is 19.4. The maximum absolute atomic E-state index is 12.6. The highest BCUT2D eigenvalue weighted by molar-refractivity contribution is 6.78. The van der Waals surface area contributed by atoms with Crippen molar-refractivity contribution in [1.29, 1.82) is 0 Å². The summed E-state index contributed by atoms with van der Waals surface area (Å²) in [4.78, 5) is 0. The SMILES string of the molecule is OB(c1ccccc1)c1cccc(C(F)(F)F)c1. The summed E-state index contributed by atoms with van der Waals surface area (Å²) in [6, 6.07) is 13.3. The summed E-state index contributed by atoms with van der Waals surface area (Å²) in [5.74, 6) is 0. The van der Waals surface area contributed by atoms with E-state index in [4.69, 9.17) is 0 Å². The molecular weight excluding hydrogens is 240 g/mol. The van der Waals surface area contributed by atoms with Gasteiger partial charge < -0.3 is 5.02 Å². The van der Waals surface area contributed by atoms with Gasteiger partial charge in [-0.05, 0) is 10.9 Å². The fraction of sp³-hybridized carbons (Fsp3) is 0.0769. The molecule has 0 amide bonds. The summed E-state index contributed by atoms with van der Waals surface area (Å²) in [7, 11) is 0. The number of hydrogen-bond donors (Lipinski definition) is 1. The fourth-order valence-electron chi connectivity index (χ4n) is 1.71. The Kier molecular flexibility index (Phi) is 3.43. The van der Waals surface area contributed by atoms with Gasteiger partial charge in [0.05, 0.1) is 5.56 Å². The van der Waals surface area contributed by atoms with Crippen molar-refractivity contribution in [2.75, 3.05) is 0 Å². The highest BCUT2D eigenvalue weighted by Crippen LogP contribution is 2.28. The van der Waals surface area contributed by atoms with Gasteiger partial charge in [0, 0.05) is 0 Å². The van der Waals surface area contributed by atoms with E-state index in [1.54, 1.807) is 30.3 Å². The summed E-state index contributed by atoms with van der Waals surface area (Å²) >= 11 is 0. The Hall–Kier alpha value is -1.75. The van der Waals surface area contributed by atoms with Gasteiger partial charge in [0.2, 0.25) is 0 Å². The predicted octanol–water partition coefficient (Wildman–Crippen LogP) is 1.80. The first-order valence-electron chi connectivity index (χ1n) is 5.38. The molecule has 0 saturated carbocycles. The van der Waals surface area contributed by atoms with Crippen molar-refractivity contribution < 1.29 is 18.2 Å². The second kappa shape index (κ2) is 4.86. The third kappa shape index (κ3) is 2.74. The molecule has 0 saturated heterocycles. The van der Waals surface area contributed by atoms with Crippen LogP contribution >= 0.6 is 0 Å².